The van der Waals surface area contributed by atoms with Crippen molar-refractivity contribution in [2.45, 2.75) is 26.3 Å². The lowest BCUT2D eigenvalue weighted by Crippen LogP contribution is -2.35. The number of urea groups is 1. The predicted molar refractivity (Wildman–Crippen MR) is 83.2 cm³/mol. The number of benzene rings is 1. The Morgan fingerprint density at radius 3 is 2.90 bits per heavy atom. The Labute approximate surface area is 129 Å². The zero-order valence-electron chi connectivity index (χ0n) is 12.3. The molecule has 0 spiro atoms. The van der Waals surface area contributed by atoms with Crippen molar-refractivity contribution in [3.8, 4) is 0 Å². The summed E-state index contributed by atoms with van der Waals surface area (Å²) in [7, 11) is 0. The van der Waals surface area contributed by atoms with Gasteiger partial charge < -0.3 is 15.5 Å². The first-order valence-electron chi connectivity index (χ1n) is 7.19. The minimum Gasteiger partial charge on any atom is -0.338 e. The standard InChI is InChI=1S/C15H21ClFN3O/c1-10(2)20-6-5-11(9-20)8-18-15(21)19-14-4-3-12(16)7-13(14)17/h3-4,7,10-11H,5-6,8-9H2,1-2H3,(H2,18,19,21). The molecule has 0 bridgehead atoms. The number of hydrogen-bond donors (Lipinski definition) is 2. The van der Waals surface area contributed by atoms with Crippen LogP contribution in [0.15, 0.2) is 18.2 Å². The maximum atomic E-state index is 13.6. The Morgan fingerprint density at radius 1 is 1.52 bits per heavy atom. The van der Waals surface area contributed by atoms with E-state index in [-0.39, 0.29) is 11.7 Å². The third-order valence-electron chi connectivity index (χ3n) is 3.78. The molecule has 1 aliphatic heterocycles. The molecule has 1 aliphatic rings. The Morgan fingerprint density at radius 2 is 2.29 bits per heavy atom. The van der Waals surface area contributed by atoms with Crippen molar-refractivity contribution in [1.29, 1.82) is 0 Å². The largest absolute Gasteiger partial charge is 0.338 e. The van der Waals surface area contributed by atoms with Crippen molar-refractivity contribution in [1.82, 2.24) is 10.2 Å². The number of anilines is 1. The summed E-state index contributed by atoms with van der Waals surface area (Å²) in [5.41, 5.74) is 0.132. The van der Waals surface area contributed by atoms with Crippen LogP contribution in [-0.4, -0.2) is 36.6 Å². The highest BCUT2D eigenvalue weighted by Crippen LogP contribution is 2.19. The van der Waals surface area contributed by atoms with Gasteiger partial charge in [-0.3, -0.25) is 0 Å². The summed E-state index contributed by atoms with van der Waals surface area (Å²) >= 11 is 5.67. The van der Waals surface area contributed by atoms with Crippen molar-refractivity contribution < 1.29 is 9.18 Å². The van der Waals surface area contributed by atoms with Crippen molar-refractivity contribution >= 4 is 23.3 Å². The molecule has 6 heteroatoms. The van der Waals surface area contributed by atoms with Crippen LogP contribution in [-0.2, 0) is 0 Å². The molecule has 0 aliphatic carbocycles. The molecule has 0 radical (unpaired) electrons. The molecule has 1 aromatic carbocycles. The summed E-state index contributed by atoms with van der Waals surface area (Å²) in [5.74, 6) is -0.0854. The van der Waals surface area contributed by atoms with Gasteiger partial charge in [0.15, 0.2) is 0 Å². The molecule has 0 saturated carbocycles. The van der Waals surface area contributed by atoms with Gasteiger partial charge in [-0.15, -0.1) is 0 Å². The molecular weight excluding hydrogens is 293 g/mol. The van der Waals surface area contributed by atoms with Crippen LogP contribution in [0.25, 0.3) is 0 Å². The van der Waals surface area contributed by atoms with E-state index < -0.39 is 5.82 Å². The lowest BCUT2D eigenvalue weighted by molar-refractivity contribution is 0.247. The van der Waals surface area contributed by atoms with Crippen LogP contribution in [0.3, 0.4) is 0 Å². The number of rotatable bonds is 4. The highest BCUT2D eigenvalue weighted by atomic mass is 35.5. The maximum Gasteiger partial charge on any atom is 0.319 e. The molecule has 0 aromatic heterocycles. The molecule has 4 nitrogen and oxygen atoms in total. The topological polar surface area (TPSA) is 44.4 Å². The third-order valence-corrected chi connectivity index (χ3v) is 4.01. The van der Waals surface area contributed by atoms with E-state index in [0.29, 0.717) is 23.5 Å². The zero-order valence-corrected chi connectivity index (χ0v) is 13.1. The van der Waals surface area contributed by atoms with E-state index >= 15 is 0 Å². The lowest BCUT2D eigenvalue weighted by atomic mass is 10.1. The molecule has 1 heterocycles. The van der Waals surface area contributed by atoms with Crippen LogP contribution >= 0.6 is 11.6 Å². The molecule has 2 N–H and O–H groups in total. The highest BCUT2D eigenvalue weighted by molar-refractivity contribution is 6.30. The van der Waals surface area contributed by atoms with Crippen LogP contribution in [0.4, 0.5) is 14.9 Å². The average molecular weight is 314 g/mol. The molecule has 1 saturated heterocycles. The van der Waals surface area contributed by atoms with E-state index in [1.165, 1.54) is 18.2 Å². The zero-order chi connectivity index (χ0) is 15.4. The van der Waals surface area contributed by atoms with Gasteiger partial charge in [0.1, 0.15) is 5.82 Å². The number of carbonyl (C=O) groups is 1. The van der Waals surface area contributed by atoms with Crippen LogP contribution in [0.1, 0.15) is 20.3 Å². The minimum absolute atomic E-state index is 0.132. The molecule has 21 heavy (non-hydrogen) atoms. The van der Waals surface area contributed by atoms with E-state index in [0.717, 1.165) is 19.5 Å². The second-order valence-electron chi connectivity index (χ2n) is 5.70. The summed E-state index contributed by atoms with van der Waals surface area (Å²) in [4.78, 5) is 14.2. The van der Waals surface area contributed by atoms with Crippen LogP contribution < -0.4 is 10.6 Å². The van der Waals surface area contributed by atoms with Crippen molar-refractivity contribution in [3.63, 3.8) is 0 Å². The maximum absolute atomic E-state index is 13.6. The summed E-state index contributed by atoms with van der Waals surface area (Å²) in [6, 6.07) is 4.31. The van der Waals surface area contributed by atoms with Gasteiger partial charge in [0, 0.05) is 24.2 Å². The molecular formula is C15H21ClFN3O. The number of nitrogens with zero attached hydrogens (tertiary/aromatic N) is 1. The van der Waals surface area contributed by atoms with Gasteiger partial charge in [0.05, 0.1) is 5.69 Å². The van der Waals surface area contributed by atoms with E-state index in [2.05, 4.69) is 29.4 Å². The lowest BCUT2D eigenvalue weighted by Gasteiger charge is -2.20. The van der Waals surface area contributed by atoms with Gasteiger partial charge in [-0.05, 0) is 50.9 Å². The number of hydrogen-bond acceptors (Lipinski definition) is 2. The SMILES string of the molecule is CC(C)N1CCC(CNC(=O)Nc2ccc(Cl)cc2F)C1. The van der Waals surface area contributed by atoms with E-state index in [1.54, 1.807) is 0 Å². The van der Waals surface area contributed by atoms with Crippen molar-refractivity contribution in [2.24, 2.45) is 5.92 Å². The van der Waals surface area contributed by atoms with Gasteiger partial charge in [-0.1, -0.05) is 11.6 Å². The molecule has 116 valence electrons. The van der Waals surface area contributed by atoms with E-state index in [4.69, 9.17) is 11.6 Å². The first-order chi connectivity index (χ1) is 9.95. The molecule has 1 fully saturated rings. The van der Waals surface area contributed by atoms with Crippen LogP contribution in [0, 0.1) is 11.7 Å². The fraction of sp³-hybridized carbons (Fsp3) is 0.533. The molecule has 1 aromatic rings. The quantitative estimate of drug-likeness (QED) is 0.895. The van der Waals surface area contributed by atoms with Crippen molar-refractivity contribution in [3.05, 3.63) is 29.0 Å². The molecule has 2 amide bonds. The fourth-order valence-corrected chi connectivity index (χ4v) is 2.65. The van der Waals surface area contributed by atoms with Crippen LogP contribution in [0.5, 0.6) is 0 Å². The van der Waals surface area contributed by atoms with Gasteiger partial charge in [0.25, 0.3) is 0 Å². The molecule has 1 unspecified atom stereocenters. The summed E-state index contributed by atoms with van der Waals surface area (Å²) in [6.45, 7) is 7.01. The third kappa shape index (κ3) is 4.58. The number of halogens is 2. The van der Waals surface area contributed by atoms with E-state index in [1.807, 2.05) is 0 Å². The molecule has 2 rings (SSSR count). The second kappa shape index (κ2) is 7.09. The number of carbonyl (C=O) groups excluding carboxylic acids is 1. The Balaban J connectivity index is 1.78. The first-order valence-corrected chi connectivity index (χ1v) is 7.57. The van der Waals surface area contributed by atoms with Gasteiger partial charge >= 0.3 is 6.03 Å². The Hall–Kier alpha value is -1.33. The summed E-state index contributed by atoms with van der Waals surface area (Å²) < 4.78 is 13.6. The smallest absolute Gasteiger partial charge is 0.319 e. The highest BCUT2D eigenvalue weighted by Gasteiger charge is 2.24. The number of nitrogens with one attached hydrogen (secondary N) is 2. The summed E-state index contributed by atoms with van der Waals surface area (Å²) in [6.07, 6.45) is 1.08. The summed E-state index contributed by atoms with van der Waals surface area (Å²) in [5, 5.41) is 5.60. The fourth-order valence-electron chi connectivity index (χ4n) is 2.49. The monoisotopic (exact) mass is 313 g/mol. The van der Waals surface area contributed by atoms with Crippen molar-refractivity contribution in [2.75, 3.05) is 25.0 Å². The average Bonchev–Trinajstić information content (AvgIpc) is 2.89. The van der Waals surface area contributed by atoms with Crippen LogP contribution in [0.2, 0.25) is 5.02 Å². The predicted octanol–water partition coefficient (Wildman–Crippen LogP) is 3.33. The Bertz CT molecular complexity index is 510. The van der Waals surface area contributed by atoms with Gasteiger partial charge in [-0.25, -0.2) is 9.18 Å². The second-order valence-corrected chi connectivity index (χ2v) is 6.14. The first kappa shape index (κ1) is 16.0. The van der Waals surface area contributed by atoms with E-state index in [9.17, 15) is 9.18 Å². The Kier molecular flexibility index (Phi) is 5.42. The number of amides is 2. The van der Waals surface area contributed by atoms with Gasteiger partial charge in [-0.2, -0.15) is 0 Å². The number of likely N-dealkylation sites (tertiary alicyclic amines) is 1. The van der Waals surface area contributed by atoms with Gasteiger partial charge in [0.2, 0.25) is 0 Å². The molecule has 1 atom stereocenters. The minimum atomic E-state index is -0.538. The normalized spacial score (nSPS) is 19.0.